The Hall–Kier alpha value is -1.06. The van der Waals surface area contributed by atoms with Gasteiger partial charge in [-0.15, -0.1) is 5.10 Å². The molecule has 0 spiro atoms. The fourth-order valence-corrected chi connectivity index (χ4v) is 5.54. The monoisotopic (exact) mass is 372 g/mol. The molecule has 1 N–H and O–H groups in total. The van der Waals surface area contributed by atoms with Crippen molar-refractivity contribution in [3.8, 4) is 0 Å². The van der Waals surface area contributed by atoms with Crippen LogP contribution in [0.4, 0.5) is 0 Å². The van der Waals surface area contributed by atoms with Gasteiger partial charge in [0.05, 0.1) is 10.9 Å². The average Bonchev–Trinajstić information content (AvgIpc) is 3.34. The first-order chi connectivity index (χ1) is 11.5. The number of sulfonamides is 1. The zero-order chi connectivity index (χ0) is 17.2. The number of rotatable bonds is 7. The fourth-order valence-electron chi connectivity index (χ4n) is 3.04. The molecule has 0 radical (unpaired) electrons. The van der Waals surface area contributed by atoms with E-state index >= 15 is 0 Å². The van der Waals surface area contributed by atoms with Gasteiger partial charge in [-0.2, -0.15) is 0 Å². The first-order valence-electron chi connectivity index (χ1n) is 8.60. The molecular weight excluding hydrogens is 348 g/mol. The van der Waals surface area contributed by atoms with Crippen molar-refractivity contribution in [2.24, 2.45) is 5.92 Å². The molecule has 9 heteroatoms. The minimum absolute atomic E-state index is 0.110. The van der Waals surface area contributed by atoms with Crippen LogP contribution in [0.5, 0.6) is 0 Å². The van der Waals surface area contributed by atoms with E-state index in [0.29, 0.717) is 30.4 Å². The molecule has 1 aromatic heterocycles. The number of aromatic nitrogens is 2. The van der Waals surface area contributed by atoms with Crippen LogP contribution in [0.15, 0.2) is 0 Å². The topological polar surface area (TPSA) is 92.3 Å². The van der Waals surface area contributed by atoms with Crippen molar-refractivity contribution in [3.05, 3.63) is 10.6 Å². The maximum Gasteiger partial charge on any atom is 0.264 e. The standard InChI is InChI=1S/C15H24N4O3S2/c1-2-3-13-14(23-18-17-13)15(20)16-10-11-6-8-19(9-7-11)24(21,22)12-4-5-12/h11-12H,2-10H2,1H3,(H,16,20). The van der Waals surface area contributed by atoms with Crippen LogP contribution in [0, 0.1) is 5.92 Å². The number of nitrogens with zero attached hydrogens (tertiary/aromatic N) is 3. The van der Waals surface area contributed by atoms with Gasteiger partial charge in [0, 0.05) is 19.6 Å². The Balaban J connectivity index is 1.46. The van der Waals surface area contributed by atoms with Crippen LogP contribution in [0.1, 0.15) is 54.4 Å². The maximum atomic E-state index is 12.3. The number of piperidine rings is 1. The summed E-state index contributed by atoms with van der Waals surface area (Å²) in [5, 5.41) is 6.85. The van der Waals surface area contributed by atoms with E-state index in [9.17, 15) is 13.2 Å². The smallest absolute Gasteiger partial charge is 0.264 e. The summed E-state index contributed by atoms with van der Waals surface area (Å²) in [6.07, 6.45) is 4.91. The summed E-state index contributed by atoms with van der Waals surface area (Å²) in [7, 11) is -3.06. The number of aryl methyl sites for hydroxylation is 1. The Bertz CT molecular complexity index is 677. The van der Waals surface area contributed by atoms with Crippen molar-refractivity contribution in [3.63, 3.8) is 0 Å². The number of hydrogen-bond donors (Lipinski definition) is 1. The molecule has 1 aromatic rings. The molecule has 2 aliphatic rings. The van der Waals surface area contributed by atoms with Crippen molar-refractivity contribution in [2.45, 2.75) is 50.7 Å². The van der Waals surface area contributed by atoms with Gasteiger partial charge in [-0.05, 0) is 49.6 Å². The molecule has 0 unspecified atom stereocenters. The van der Waals surface area contributed by atoms with E-state index in [2.05, 4.69) is 14.9 Å². The third kappa shape index (κ3) is 3.94. The molecule has 0 atom stereocenters. The van der Waals surface area contributed by atoms with Crippen molar-refractivity contribution in [2.75, 3.05) is 19.6 Å². The van der Waals surface area contributed by atoms with Gasteiger partial charge < -0.3 is 5.32 Å². The fraction of sp³-hybridized carbons (Fsp3) is 0.800. The Labute approximate surface area is 147 Å². The molecule has 0 aromatic carbocycles. The zero-order valence-electron chi connectivity index (χ0n) is 13.9. The number of carbonyl (C=O) groups is 1. The van der Waals surface area contributed by atoms with Gasteiger partial charge in [-0.1, -0.05) is 17.8 Å². The molecule has 1 saturated carbocycles. The van der Waals surface area contributed by atoms with Crippen molar-refractivity contribution >= 4 is 27.5 Å². The van der Waals surface area contributed by atoms with E-state index in [1.807, 2.05) is 6.92 Å². The van der Waals surface area contributed by atoms with Crippen molar-refractivity contribution < 1.29 is 13.2 Å². The summed E-state index contributed by atoms with van der Waals surface area (Å²) in [5.74, 6) is 0.219. The lowest BCUT2D eigenvalue weighted by Crippen LogP contribution is -2.42. The lowest BCUT2D eigenvalue weighted by molar-refractivity contribution is 0.0944. The summed E-state index contributed by atoms with van der Waals surface area (Å²) in [4.78, 5) is 12.9. The van der Waals surface area contributed by atoms with E-state index < -0.39 is 10.0 Å². The van der Waals surface area contributed by atoms with Crippen molar-refractivity contribution in [1.82, 2.24) is 19.2 Å². The Morgan fingerprint density at radius 1 is 1.29 bits per heavy atom. The minimum Gasteiger partial charge on any atom is -0.351 e. The predicted octanol–water partition coefficient (Wildman–Crippen LogP) is 1.42. The summed E-state index contributed by atoms with van der Waals surface area (Å²) in [6, 6.07) is 0. The second-order valence-corrected chi connectivity index (χ2v) is 9.56. The molecule has 7 nitrogen and oxygen atoms in total. The van der Waals surface area contributed by atoms with Crippen LogP contribution < -0.4 is 5.32 Å². The molecular formula is C15H24N4O3S2. The highest BCUT2D eigenvalue weighted by atomic mass is 32.2. The van der Waals surface area contributed by atoms with E-state index in [4.69, 9.17) is 0 Å². The number of carbonyl (C=O) groups excluding carboxylic acids is 1. The predicted molar refractivity (Wildman–Crippen MR) is 92.5 cm³/mol. The summed E-state index contributed by atoms with van der Waals surface area (Å²) >= 11 is 1.14. The number of nitrogens with one attached hydrogen (secondary N) is 1. The second-order valence-electron chi connectivity index (χ2n) is 6.60. The van der Waals surface area contributed by atoms with Gasteiger partial charge in [-0.3, -0.25) is 4.79 Å². The number of hydrogen-bond acceptors (Lipinski definition) is 6. The zero-order valence-corrected chi connectivity index (χ0v) is 15.5. The second kappa shape index (κ2) is 7.45. The van der Waals surface area contributed by atoms with E-state index in [-0.39, 0.29) is 11.2 Å². The molecule has 24 heavy (non-hydrogen) atoms. The summed E-state index contributed by atoms with van der Waals surface area (Å²) < 4.78 is 29.9. The van der Waals surface area contributed by atoms with E-state index in [1.165, 1.54) is 0 Å². The SMILES string of the molecule is CCCc1nnsc1C(=O)NCC1CCN(S(=O)(=O)C2CC2)CC1. The molecule has 1 amide bonds. The normalized spacial score (nSPS) is 20.2. The third-order valence-corrected chi connectivity index (χ3v) is 7.84. The molecule has 0 bridgehead atoms. The molecule has 2 heterocycles. The lowest BCUT2D eigenvalue weighted by atomic mass is 9.98. The molecule has 134 valence electrons. The van der Waals surface area contributed by atoms with Crippen LogP contribution in [0.3, 0.4) is 0 Å². The molecule has 1 saturated heterocycles. The van der Waals surface area contributed by atoms with Crippen LogP contribution >= 0.6 is 11.5 Å². The van der Waals surface area contributed by atoms with Crippen LogP contribution in [0.25, 0.3) is 0 Å². The first-order valence-corrected chi connectivity index (χ1v) is 10.9. The van der Waals surface area contributed by atoms with Gasteiger partial charge in [0.15, 0.2) is 0 Å². The maximum absolute atomic E-state index is 12.3. The van der Waals surface area contributed by atoms with Crippen LogP contribution in [-0.2, 0) is 16.4 Å². The van der Waals surface area contributed by atoms with E-state index in [0.717, 1.165) is 55.8 Å². The molecule has 1 aliphatic heterocycles. The van der Waals surface area contributed by atoms with Crippen LogP contribution in [0.2, 0.25) is 0 Å². The first kappa shape index (κ1) is 17.8. The van der Waals surface area contributed by atoms with Crippen LogP contribution in [-0.4, -0.2) is 53.1 Å². The Morgan fingerprint density at radius 2 is 2.00 bits per heavy atom. The largest absolute Gasteiger partial charge is 0.351 e. The van der Waals surface area contributed by atoms with Gasteiger partial charge in [0.1, 0.15) is 4.88 Å². The molecule has 3 rings (SSSR count). The summed E-state index contributed by atoms with van der Waals surface area (Å²) in [5.41, 5.74) is 0.769. The lowest BCUT2D eigenvalue weighted by Gasteiger charge is -2.31. The summed E-state index contributed by atoms with van der Waals surface area (Å²) in [6.45, 7) is 3.77. The number of amides is 1. The van der Waals surface area contributed by atoms with E-state index in [1.54, 1.807) is 4.31 Å². The third-order valence-electron chi connectivity index (χ3n) is 4.68. The van der Waals surface area contributed by atoms with Gasteiger partial charge in [0.2, 0.25) is 10.0 Å². The van der Waals surface area contributed by atoms with Gasteiger partial charge >= 0.3 is 0 Å². The highest BCUT2D eigenvalue weighted by Gasteiger charge is 2.41. The highest BCUT2D eigenvalue weighted by molar-refractivity contribution is 7.90. The minimum atomic E-state index is -3.06. The van der Waals surface area contributed by atoms with Gasteiger partial charge in [-0.25, -0.2) is 12.7 Å². The van der Waals surface area contributed by atoms with Gasteiger partial charge in [0.25, 0.3) is 5.91 Å². The Kier molecular flexibility index (Phi) is 5.51. The quantitative estimate of drug-likeness (QED) is 0.781. The molecule has 2 fully saturated rings. The highest BCUT2D eigenvalue weighted by Crippen LogP contribution is 2.33. The van der Waals surface area contributed by atoms with Crippen molar-refractivity contribution in [1.29, 1.82) is 0 Å². The average molecular weight is 373 g/mol. The Morgan fingerprint density at radius 3 is 2.62 bits per heavy atom. The molecule has 1 aliphatic carbocycles.